The molecular weight excluding hydrogens is 468 g/mol. The molecule has 1 aromatic rings. The number of benzene rings is 1. The van der Waals surface area contributed by atoms with E-state index < -0.39 is 5.82 Å². The molecule has 0 spiro atoms. The molecule has 0 aliphatic carbocycles. The van der Waals surface area contributed by atoms with Crippen LogP contribution in [0, 0.1) is 5.82 Å². The van der Waals surface area contributed by atoms with E-state index in [2.05, 4.69) is 15.6 Å². The first kappa shape index (κ1) is 22.9. The molecule has 27 heavy (non-hydrogen) atoms. The zero-order valence-corrected chi connectivity index (χ0v) is 17.7. The first-order valence-corrected chi connectivity index (χ1v) is 8.46. The van der Waals surface area contributed by atoms with E-state index in [0.29, 0.717) is 44.4 Å². The summed E-state index contributed by atoms with van der Waals surface area (Å²) in [6.07, 6.45) is -0.315. The molecule has 0 radical (unpaired) electrons. The van der Waals surface area contributed by atoms with Crippen LogP contribution >= 0.6 is 24.0 Å². The van der Waals surface area contributed by atoms with E-state index in [4.69, 9.17) is 4.74 Å². The van der Waals surface area contributed by atoms with Crippen LogP contribution in [-0.4, -0.2) is 74.1 Å². The van der Waals surface area contributed by atoms with Crippen molar-refractivity contribution in [1.29, 1.82) is 0 Å². The molecule has 10 heteroatoms. The zero-order valence-electron chi connectivity index (χ0n) is 15.4. The summed E-state index contributed by atoms with van der Waals surface area (Å²) in [5.74, 6) is -0.143. The van der Waals surface area contributed by atoms with E-state index >= 15 is 0 Å². The third-order valence-electron chi connectivity index (χ3n) is 3.83. The predicted octanol–water partition coefficient (Wildman–Crippen LogP) is 1.73. The molecule has 1 aliphatic heterocycles. The Morgan fingerprint density at radius 1 is 1.22 bits per heavy atom. The van der Waals surface area contributed by atoms with E-state index in [1.54, 1.807) is 24.9 Å². The van der Waals surface area contributed by atoms with Crippen LogP contribution in [0.25, 0.3) is 0 Å². The highest BCUT2D eigenvalue weighted by atomic mass is 127. The van der Waals surface area contributed by atoms with E-state index in [1.807, 2.05) is 4.90 Å². The second-order valence-electron chi connectivity index (χ2n) is 5.63. The van der Waals surface area contributed by atoms with Crippen LogP contribution in [0.15, 0.2) is 29.3 Å². The summed E-state index contributed by atoms with van der Waals surface area (Å²) in [7, 11) is 1.63. The number of hydrogen-bond donors (Lipinski definition) is 2. The molecule has 1 saturated heterocycles. The average Bonchev–Trinajstić information content (AvgIpc) is 2.63. The van der Waals surface area contributed by atoms with Gasteiger partial charge in [-0.1, -0.05) is 6.07 Å². The van der Waals surface area contributed by atoms with Gasteiger partial charge in [-0.3, -0.25) is 9.79 Å². The minimum Gasteiger partial charge on any atom is -0.450 e. The van der Waals surface area contributed by atoms with Gasteiger partial charge >= 0.3 is 6.09 Å². The summed E-state index contributed by atoms with van der Waals surface area (Å²) in [5, 5.41) is 5.60. The number of halogens is 2. The van der Waals surface area contributed by atoms with Gasteiger partial charge in [-0.05, 0) is 25.1 Å². The number of ether oxygens (including phenoxy) is 1. The number of carbonyl (C=O) groups excluding carboxylic acids is 2. The summed E-state index contributed by atoms with van der Waals surface area (Å²) < 4.78 is 18.1. The van der Waals surface area contributed by atoms with Gasteiger partial charge in [0.2, 0.25) is 5.91 Å². The van der Waals surface area contributed by atoms with E-state index in [9.17, 15) is 14.0 Å². The number of carbonyl (C=O) groups is 2. The maximum Gasteiger partial charge on any atom is 0.409 e. The second kappa shape index (κ2) is 11.6. The lowest BCUT2D eigenvalue weighted by Gasteiger charge is -2.35. The molecule has 0 bridgehead atoms. The topological polar surface area (TPSA) is 86.3 Å². The Labute approximate surface area is 175 Å². The number of piperazine rings is 1. The highest BCUT2D eigenvalue weighted by molar-refractivity contribution is 14.0. The van der Waals surface area contributed by atoms with Crippen LogP contribution in [0.4, 0.5) is 14.9 Å². The fourth-order valence-corrected chi connectivity index (χ4v) is 2.58. The predicted molar refractivity (Wildman–Crippen MR) is 112 cm³/mol. The molecule has 150 valence electrons. The largest absolute Gasteiger partial charge is 0.450 e. The van der Waals surface area contributed by atoms with Gasteiger partial charge in [0.1, 0.15) is 5.82 Å². The van der Waals surface area contributed by atoms with E-state index in [-0.39, 0.29) is 42.5 Å². The van der Waals surface area contributed by atoms with Crippen molar-refractivity contribution in [2.75, 3.05) is 51.7 Å². The molecule has 0 unspecified atom stereocenters. The summed E-state index contributed by atoms with van der Waals surface area (Å²) in [5.41, 5.74) is 0.398. The summed E-state index contributed by atoms with van der Waals surface area (Å²) in [6.45, 7) is 4.34. The quantitative estimate of drug-likeness (QED) is 0.379. The van der Waals surface area contributed by atoms with Crippen LogP contribution in [0.3, 0.4) is 0 Å². The maximum atomic E-state index is 13.1. The summed E-state index contributed by atoms with van der Waals surface area (Å²) in [4.78, 5) is 31.5. The molecule has 0 aromatic heterocycles. The highest BCUT2D eigenvalue weighted by Gasteiger charge is 2.23. The normalized spacial score (nSPS) is 14.3. The molecule has 1 aromatic carbocycles. The second-order valence-corrected chi connectivity index (χ2v) is 5.63. The van der Waals surface area contributed by atoms with Gasteiger partial charge in [0.15, 0.2) is 5.96 Å². The molecule has 8 nitrogen and oxygen atoms in total. The lowest BCUT2D eigenvalue weighted by molar-refractivity contribution is -0.115. The van der Waals surface area contributed by atoms with Crippen LogP contribution < -0.4 is 10.6 Å². The molecule has 2 amide bonds. The van der Waals surface area contributed by atoms with Crippen molar-refractivity contribution in [2.24, 2.45) is 4.99 Å². The summed E-state index contributed by atoms with van der Waals surface area (Å²) in [6, 6.07) is 5.71. The van der Waals surface area contributed by atoms with Gasteiger partial charge in [-0.25, -0.2) is 9.18 Å². The van der Waals surface area contributed by atoms with Crippen LogP contribution in [0.5, 0.6) is 0 Å². The lowest BCUT2D eigenvalue weighted by Crippen LogP contribution is -2.54. The first-order chi connectivity index (χ1) is 12.5. The Kier molecular flexibility index (Phi) is 9.83. The molecule has 0 saturated carbocycles. The number of amides is 2. The Bertz CT molecular complexity index is 666. The monoisotopic (exact) mass is 493 g/mol. The van der Waals surface area contributed by atoms with Crippen molar-refractivity contribution < 1.29 is 18.7 Å². The Morgan fingerprint density at radius 3 is 2.48 bits per heavy atom. The number of aliphatic imine (C=N–C) groups is 1. The molecular formula is C17H25FIN5O3. The molecule has 1 fully saturated rings. The molecule has 0 atom stereocenters. The number of guanidine groups is 1. The van der Waals surface area contributed by atoms with Crippen LogP contribution in [0.2, 0.25) is 0 Å². The van der Waals surface area contributed by atoms with Gasteiger partial charge in [-0.2, -0.15) is 0 Å². The van der Waals surface area contributed by atoms with Crippen LogP contribution in [-0.2, 0) is 9.53 Å². The van der Waals surface area contributed by atoms with Crippen molar-refractivity contribution in [1.82, 2.24) is 15.1 Å². The Morgan fingerprint density at radius 2 is 1.89 bits per heavy atom. The van der Waals surface area contributed by atoms with E-state index in [0.717, 1.165) is 0 Å². The van der Waals surface area contributed by atoms with Crippen molar-refractivity contribution in [3.05, 3.63) is 30.1 Å². The number of nitrogens with one attached hydrogen (secondary N) is 2. The van der Waals surface area contributed by atoms with Gasteiger partial charge in [-0.15, -0.1) is 24.0 Å². The van der Waals surface area contributed by atoms with Gasteiger partial charge in [0.05, 0.1) is 13.2 Å². The standard InChI is InChI=1S/C17H24FN5O3.HI/c1-3-26-17(25)23-9-7-22(8-10-23)16(19-2)20-12-15(24)21-14-6-4-5-13(18)11-14;/h4-6,11H,3,7-10,12H2,1-2H3,(H,19,20)(H,21,24);1H. The minimum absolute atomic E-state index is 0. The zero-order chi connectivity index (χ0) is 18.9. The number of rotatable bonds is 4. The smallest absolute Gasteiger partial charge is 0.409 e. The van der Waals surface area contributed by atoms with Crippen molar-refractivity contribution >= 4 is 47.6 Å². The highest BCUT2D eigenvalue weighted by Crippen LogP contribution is 2.08. The number of nitrogens with zero attached hydrogens (tertiary/aromatic N) is 3. The average molecular weight is 493 g/mol. The van der Waals surface area contributed by atoms with E-state index in [1.165, 1.54) is 18.2 Å². The van der Waals surface area contributed by atoms with Crippen molar-refractivity contribution in [2.45, 2.75) is 6.92 Å². The molecule has 1 heterocycles. The lowest BCUT2D eigenvalue weighted by atomic mass is 10.3. The van der Waals surface area contributed by atoms with Gasteiger partial charge < -0.3 is 25.2 Å². The fraction of sp³-hybridized carbons (Fsp3) is 0.471. The van der Waals surface area contributed by atoms with Crippen molar-refractivity contribution in [3.63, 3.8) is 0 Å². The van der Waals surface area contributed by atoms with Crippen molar-refractivity contribution in [3.8, 4) is 0 Å². The third-order valence-corrected chi connectivity index (χ3v) is 3.83. The third kappa shape index (κ3) is 7.19. The van der Waals surface area contributed by atoms with Gasteiger partial charge in [0.25, 0.3) is 0 Å². The fourth-order valence-electron chi connectivity index (χ4n) is 2.58. The number of anilines is 1. The first-order valence-electron chi connectivity index (χ1n) is 8.46. The summed E-state index contributed by atoms with van der Waals surface area (Å²) >= 11 is 0. The molecule has 1 aliphatic rings. The van der Waals surface area contributed by atoms with Gasteiger partial charge in [0, 0.05) is 38.9 Å². The number of hydrogen-bond acceptors (Lipinski definition) is 4. The maximum absolute atomic E-state index is 13.1. The Balaban J connectivity index is 0.00000364. The molecule has 2 N–H and O–H groups in total. The molecule has 2 rings (SSSR count). The minimum atomic E-state index is -0.411. The van der Waals surface area contributed by atoms with Crippen LogP contribution in [0.1, 0.15) is 6.92 Å². The Hall–Kier alpha value is -2.11. The SMILES string of the molecule is CCOC(=O)N1CCN(C(=NC)NCC(=O)Nc2cccc(F)c2)CC1.I.